The Morgan fingerprint density at radius 3 is 2.47 bits per heavy atom. The molecule has 102 valence electrons. The van der Waals surface area contributed by atoms with Gasteiger partial charge in [0.15, 0.2) is 0 Å². The smallest absolute Gasteiger partial charge is 0.250 e. The van der Waals surface area contributed by atoms with E-state index in [1.54, 1.807) is 12.1 Å². The van der Waals surface area contributed by atoms with E-state index in [1.165, 1.54) is 0 Å². The van der Waals surface area contributed by atoms with Crippen molar-refractivity contribution in [2.75, 3.05) is 18.5 Å². The largest absolute Gasteiger partial charge is 0.368 e. The summed E-state index contributed by atoms with van der Waals surface area (Å²) >= 11 is 0. The van der Waals surface area contributed by atoms with E-state index in [1.807, 2.05) is 12.1 Å². The summed E-state index contributed by atoms with van der Waals surface area (Å²) in [5.41, 5.74) is 6.52. The van der Waals surface area contributed by atoms with E-state index in [2.05, 4.69) is 5.32 Å². The first-order valence-corrected chi connectivity index (χ1v) is 5.80. The summed E-state index contributed by atoms with van der Waals surface area (Å²) in [6, 6.07) is 7.16. The van der Waals surface area contributed by atoms with E-state index < -0.39 is 5.91 Å². The molecule has 1 aromatic rings. The van der Waals surface area contributed by atoms with Crippen LogP contribution < -0.4 is 11.1 Å². The Morgan fingerprint density at radius 1 is 1.21 bits per heavy atom. The van der Waals surface area contributed by atoms with E-state index >= 15 is 0 Å². The molecule has 0 radical (unpaired) electrons. The number of rotatable bonds is 8. The molecule has 0 aliphatic carbocycles. The number of carbonyl (C=O) groups excluding carboxylic acids is 3. The molecule has 19 heavy (non-hydrogen) atoms. The van der Waals surface area contributed by atoms with Crippen LogP contribution in [0.4, 0.5) is 5.69 Å². The minimum absolute atomic E-state index is 0.226. The fraction of sp³-hybridized carbons (Fsp3) is 0.308. The van der Waals surface area contributed by atoms with Gasteiger partial charge in [-0.1, -0.05) is 12.1 Å². The molecule has 0 saturated heterocycles. The molecule has 1 aromatic carbocycles. The number of hydrogen-bond donors (Lipinski definition) is 2. The SMILES string of the molecule is NC(=O)COCC(=O)Nc1ccc(CCC=O)cc1. The summed E-state index contributed by atoms with van der Waals surface area (Å²) in [5, 5.41) is 2.61. The summed E-state index contributed by atoms with van der Waals surface area (Å²) in [6.07, 6.45) is 2.03. The van der Waals surface area contributed by atoms with Gasteiger partial charge in [0.2, 0.25) is 11.8 Å². The molecule has 0 aromatic heterocycles. The van der Waals surface area contributed by atoms with Gasteiger partial charge in [0.25, 0.3) is 0 Å². The maximum Gasteiger partial charge on any atom is 0.250 e. The topological polar surface area (TPSA) is 98.5 Å². The Balaban J connectivity index is 2.37. The van der Waals surface area contributed by atoms with Gasteiger partial charge < -0.3 is 20.6 Å². The molecule has 0 aliphatic rings. The van der Waals surface area contributed by atoms with Gasteiger partial charge in [-0.05, 0) is 24.1 Å². The highest BCUT2D eigenvalue weighted by molar-refractivity contribution is 5.91. The first kappa shape index (κ1) is 14.8. The second kappa shape index (κ2) is 7.99. The highest BCUT2D eigenvalue weighted by Crippen LogP contribution is 2.10. The molecule has 0 bridgehead atoms. The lowest BCUT2D eigenvalue weighted by atomic mass is 10.1. The molecule has 0 atom stereocenters. The first-order valence-electron chi connectivity index (χ1n) is 5.80. The van der Waals surface area contributed by atoms with E-state index in [0.29, 0.717) is 18.5 Å². The molecule has 2 amide bonds. The maximum atomic E-state index is 11.4. The predicted molar refractivity (Wildman–Crippen MR) is 69.5 cm³/mol. The lowest BCUT2D eigenvalue weighted by Crippen LogP contribution is -2.24. The fourth-order valence-corrected chi connectivity index (χ4v) is 1.42. The quantitative estimate of drug-likeness (QED) is 0.658. The van der Waals surface area contributed by atoms with Crippen molar-refractivity contribution in [3.05, 3.63) is 29.8 Å². The van der Waals surface area contributed by atoms with Gasteiger partial charge >= 0.3 is 0 Å². The molecule has 6 nitrogen and oxygen atoms in total. The van der Waals surface area contributed by atoms with E-state index in [-0.39, 0.29) is 19.1 Å². The molecule has 0 aliphatic heterocycles. The Labute approximate surface area is 110 Å². The van der Waals surface area contributed by atoms with Crippen LogP contribution in [0.5, 0.6) is 0 Å². The van der Waals surface area contributed by atoms with Gasteiger partial charge in [-0.15, -0.1) is 0 Å². The van der Waals surface area contributed by atoms with Crippen molar-refractivity contribution in [1.29, 1.82) is 0 Å². The summed E-state index contributed by atoms with van der Waals surface area (Å²) in [5.74, 6) is -0.978. The molecular formula is C13H16N2O4. The molecular weight excluding hydrogens is 248 g/mol. The van der Waals surface area contributed by atoms with Crippen molar-refractivity contribution in [1.82, 2.24) is 0 Å². The van der Waals surface area contributed by atoms with Crippen LogP contribution in [0.25, 0.3) is 0 Å². The van der Waals surface area contributed by atoms with Gasteiger partial charge in [0.05, 0.1) is 0 Å². The fourth-order valence-electron chi connectivity index (χ4n) is 1.42. The van der Waals surface area contributed by atoms with Crippen LogP contribution in [0.3, 0.4) is 0 Å². The lowest BCUT2D eigenvalue weighted by molar-refractivity contribution is -0.126. The number of anilines is 1. The summed E-state index contributed by atoms with van der Waals surface area (Å²) in [6.45, 7) is -0.506. The van der Waals surface area contributed by atoms with Gasteiger partial charge in [-0.25, -0.2) is 0 Å². The van der Waals surface area contributed by atoms with Gasteiger partial charge in [0, 0.05) is 12.1 Å². The van der Waals surface area contributed by atoms with E-state index in [9.17, 15) is 14.4 Å². The number of hydrogen-bond acceptors (Lipinski definition) is 4. The summed E-state index contributed by atoms with van der Waals surface area (Å²) < 4.78 is 4.78. The Morgan fingerprint density at radius 2 is 1.89 bits per heavy atom. The van der Waals surface area contributed by atoms with Crippen molar-refractivity contribution in [3.8, 4) is 0 Å². The van der Waals surface area contributed by atoms with Crippen molar-refractivity contribution in [3.63, 3.8) is 0 Å². The number of amides is 2. The average molecular weight is 264 g/mol. The van der Waals surface area contributed by atoms with Crippen molar-refractivity contribution in [2.45, 2.75) is 12.8 Å². The number of benzene rings is 1. The zero-order chi connectivity index (χ0) is 14.1. The minimum atomic E-state index is -0.618. The van der Waals surface area contributed by atoms with Crippen LogP contribution in [-0.2, 0) is 25.5 Å². The van der Waals surface area contributed by atoms with Crippen molar-refractivity contribution in [2.24, 2.45) is 5.73 Å². The molecule has 3 N–H and O–H groups in total. The monoisotopic (exact) mass is 264 g/mol. The highest BCUT2D eigenvalue weighted by atomic mass is 16.5. The second-order valence-corrected chi connectivity index (χ2v) is 3.91. The van der Waals surface area contributed by atoms with Gasteiger partial charge in [-0.2, -0.15) is 0 Å². The third-order valence-corrected chi connectivity index (χ3v) is 2.27. The lowest BCUT2D eigenvalue weighted by Gasteiger charge is -2.06. The minimum Gasteiger partial charge on any atom is -0.368 e. The number of aldehydes is 1. The number of ether oxygens (including phenoxy) is 1. The molecule has 0 unspecified atom stereocenters. The molecule has 0 spiro atoms. The number of carbonyl (C=O) groups is 3. The predicted octanol–water partition coefficient (Wildman–Crippen LogP) is 0.258. The van der Waals surface area contributed by atoms with E-state index in [4.69, 9.17) is 10.5 Å². The number of nitrogens with one attached hydrogen (secondary N) is 1. The normalized spacial score (nSPS) is 9.89. The van der Waals surface area contributed by atoms with Crippen molar-refractivity contribution >= 4 is 23.8 Å². The number of aryl methyl sites for hydroxylation is 1. The van der Waals surface area contributed by atoms with E-state index in [0.717, 1.165) is 11.8 Å². The van der Waals surface area contributed by atoms with Gasteiger partial charge in [0.1, 0.15) is 19.5 Å². The zero-order valence-corrected chi connectivity index (χ0v) is 10.4. The molecule has 0 saturated carbocycles. The molecule has 0 fully saturated rings. The average Bonchev–Trinajstić information content (AvgIpc) is 2.37. The molecule has 0 heterocycles. The standard InChI is InChI=1S/C13H16N2O4/c14-12(17)8-19-9-13(18)15-11-5-3-10(4-6-11)2-1-7-16/h3-7H,1-2,8-9H2,(H2,14,17)(H,15,18). The summed E-state index contributed by atoms with van der Waals surface area (Å²) in [4.78, 5) is 32.1. The van der Waals surface area contributed by atoms with Crippen LogP contribution in [0.1, 0.15) is 12.0 Å². The van der Waals surface area contributed by atoms with Crippen LogP contribution in [0, 0.1) is 0 Å². The molecule has 1 rings (SSSR count). The van der Waals surface area contributed by atoms with Crippen LogP contribution in [0.2, 0.25) is 0 Å². The second-order valence-electron chi connectivity index (χ2n) is 3.91. The molecule has 6 heteroatoms. The third kappa shape index (κ3) is 6.32. The van der Waals surface area contributed by atoms with Gasteiger partial charge in [-0.3, -0.25) is 9.59 Å². The Kier molecular flexibility index (Phi) is 6.25. The number of nitrogens with two attached hydrogens (primary N) is 1. The summed E-state index contributed by atoms with van der Waals surface area (Å²) in [7, 11) is 0. The zero-order valence-electron chi connectivity index (χ0n) is 10.4. The van der Waals surface area contributed by atoms with Crippen LogP contribution >= 0.6 is 0 Å². The maximum absolute atomic E-state index is 11.4. The van der Waals surface area contributed by atoms with Crippen LogP contribution in [-0.4, -0.2) is 31.3 Å². The Bertz CT molecular complexity index is 442. The Hall–Kier alpha value is -2.21. The number of primary amides is 1. The van der Waals surface area contributed by atoms with Crippen molar-refractivity contribution < 1.29 is 19.1 Å². The third-order valence-electron chi connectivity index (χ3n) is 2.27. The highest BCUT2D eigenvalue weighted by Gasteiger charge is 2.03. The first-order chi connectivity index (χ1) is 9.11. The van der Waals surface area contributed by atoms with Crippen LogP contribution in [0.15, 0.2) is 24.3 Å².